The van der Waals surface area contributed by atoms with Crippen molar-refractivity contribution < 1.29 is 0 Å². The van der Waals surface area contributed by atoms with Crippen molar-refractivity contribution in [3.05, 3.63) is 29.4 Å². The Kier molecular flexibility index (Phi) is 7.06. The van der Waals surface area contributed by atoms with E-state index in [0.29, 0.717) is 11.5 Å². The summed E-state index contributed by atoms with van der Waals surface area (Å²) in [4.78, 5) is 8.21. The second kappa shape index (κ2) is 7.85. The Morgan fingerprint density at radius 3 is 2.60 bits per heavy atom. The highest BCUT2D eigenvalue weighted by atomic mass is 14.9. The van der Waals surface area contributed by atoms with E-state index in [2.05, 4.69) is 16.9 Å². The Morgan fingerprint density at radius 2 is 2.07 bits per heavy atom. The lowest BCUT2D eigenvalue weighted by atomic mass is 10.2. The second-order valence-corrected chi connectivity index (χ2v) is 2.71. The van der Waals surface area contributed by atoms with Crippen LogP contribution in [0.15, 0.2) is 12.3 Å². The van der Waals surface area contributed by atoms with Gasteiger partial charge in [0, 0.05) is 18.0 Å². The molecule has 3 heteroatoms. The quantitative estimate of drug-likeness (QED) is 0.770. The molecule has 15 heavy (non-hydrogen) atoms. The largest absolute Gasteiger partial charge is 0.306 e. The Morgan fingerprint density at radius 1 is 1.40 bits per heavy atom. The third kappa shape index (κ3) is 4.49. The summed E-state index contributed by atoms with van der Waals surface area (Å²) < 4.78 is 0. The molecule has 1 aromatic rings. The van der Waals surface area contributed by atoms with E-state index < -0.39 is 0 Å². The minimum Gasteiger partial charge on any atom is -0.306 e. The molecule has 1 rings (SSSR count). The van der Waals surface area contributed by atoms with Gasteiger partial charge in [0.05, 0.1) is 5.69 Å². The highest BCUT2D eigenvalue weighted by Crippen LogP contribution is 2.05. The van der Waals surface area contributed by atoms with Crippen LogP contribution in [0.25, 0.3) is 6.08 Å². The third-order valence-electron chi connectivity index (χ3n) is 1.64. The first-order valence-corrected chi connectivity index (χ1v) is 5.28. The normalized spacial score (nSPS) is 9.60. The summed E-state index contributed by atoms with van der Waals surface area (Å²) in [5, 5.41) is 7.17. The SMILES string of the molecule is CC.CC/C=C\c1cnc(C)nc1C=N. The third-order valence-corrected chi connectivity index (χ3v) is 1.64. The Balaban J connectivity index is 0.000000921. The van der Waals surface area contributed by atoms with Crippen LogP contribution in [0, 0.1) is 12.3 Å². The smallest absolute Gasteiger partial charge is 0.125 e. The van der Waals surface area contributed by atoms with E-state index >= 15 is 0 Å². The summed E-state index contributed by atoms with van der Waals surface area (Å²) >= 11 is 0. The van der Waals surface area contributed by atoms with Crippen LogP contribution in [0.1, 0.15) is 44.3 Å². The average molecular weight is 205 g/mol. The Hall–Kier alpha value is -1.51. The first kappa shape index (κ1) is 13.5. The first-order valence-electron chi connectivity index (χ1n) is 5.28. The molecule has 0 aliphatic carbocycles. The molecule has 1 N–H and O–H groups in total. The lowest BCUT2D eigenvalue weighted by Crippen LogP contribution is -1.96. The van der Waals surface area contributed by atoms with Crippen molar-refractivity contribution in [3.8, 4) is 0 Å². The minimum absolute atomic E-state index is 0.678. The molecule has 0 aliphatic heterocycles. The molecule has 82 valence electrons. The highest BCUT2D eigenvalue weighted by Gasteiger charge is 1.98. The monoisotopic (exact) mass is 205 g/mol. The molecule has 0 radical (unpaired) electrons. The van der Waals surface area contributed by atoms with Crippen LogP contribution < -0.4 is 0 Å². The number of allylic oxidation sites excluding steroid dienone is 1. The van der Waals surface area contributed by atoms with Gasteiger partial charge in [0.2, 0.25) is 0 Å². The molecule has 0 fully saturated rings. The lowest BCUT2D eigenvalue weighted by molar-refractivity contribution is 1.04. The van der Waals surface area contributed by atoms with Gasteiger partial charge in [-0.05, 0) is 13.3 Å². The molecule has 0 spiro atoms. The van der Waals surface area contributed by atoms with Gasteiger partial charge in [0.15, 0.2) is 0 Å². The van der Waals surface area contributed by atoms with Crippen LogP contribution in [0.5, 0.6) is 0 Å². The first-order chi connectivity index (χ1) is 7.27. The maximum atomic E-state index is 7.17. The van der Waals surface area contributed by atoms with Crippen LogP contribution in [-0.4, -0.2) is 16.2 Å². The van der Waals surface area contributed by atoms with Crippen molar-refractivity contribution >= 4 is 12.3 Å². The molecule has 0 bridgehead atoms. The summed E-state index contributed by atoms with van der Waals surface area (Å²) in [6.07, 6.45) is 7.95. The van der Waals surface area contributed by atoms with Gasteiger partial charge in [-0.1, -0.05) is 32.9 Å². The molecule has 0 unspecified atom stereocenters. The fourth-order valence-electron chi connectivity index (χ4n) is 0.986. The summed E-state index contributed by atoms with van der Waals surface area (Å²) in [7, 11) is 0. The topological polar surface area (TPSA) is 49.6 Å². The van der Waals surface area contributed by atoms with Gasteiger partial charge in [-0.25, -0.2) is 9.97 Å². The van der Waals surface area contributed by atoms with Crippen molar-refractivity contribution in [2.75, 3.05) is 0 Å². The van der Waals surface area contributed by atoms with E-state index in [9.17, 15) is 0 Å². The number of nitrogens with zero attached hydrogens (tertiary/aromatic N) is 2. The molecule has 1 aromatic heterocycles. The van der Waals surface area contributed by atoms with Gasteiger partial charge < -0.3 is 5.41 Å². The Bertz CT molecular complexity index is 330. The average Bonchev–Trinajstić information content (AvgIpc) is 2.30. The van der Waals surface area contributed by atoms with E-state index in [4.69, 9.17) is 5.41 Å². The maximum absolute atomic E-state index is 7.17. The molecule has 0 atom stereocenters. The predicted octanol–water partition coefficient (Wildman–Crippen LogP) is 3.23. The van der Waals surface area contributed by atoms with Crippen molar-refractivity contribution in [2.24, 2.45) is 0 Å². The van der Waals surface area contributed by atoms with Crippen molar-refractivity contribution in [2.45, 2.75) is 34.1 Å². The van der Waals surface area contributed by atoms with Gasteiger partial charge in [-0.3, -0.25) is 0 Å². The number of hydrogen-bond acceptors (Lipinski definition) is 3. The molecule has 0 aliphatic rings. The zero-order valence-corrected chi connectivity index (χ0v) is 9.91. The number of hydrogen-bond donors (Lipinski definition) is 1. The predicted molar refractivity (Wildman–Crippen MR) is 65.3 cm³/mol. The van der Waals surface area contributed by atoms with Gasteiger partial charge in [-0.15, -0.1) is 0 Å². The standard InChI is InChI=1S/C10H13N3.C2H6/c1-3-4-5-9-7-12-8(2)13-10(9)6-11;1-2/h4-7,11H,3H2,1-2H3;1-2H3/b5-4-,11-6?;. The van der Waals surface area contributed by atoms with Gasteiger partial charge in [0.1, 0.15) is 5.82 Å². The van der Waals surface area contributed by atoms with Gasteiger partial charge in [0.25, 0.3) is 0 Å². The Labute approximate surface area is 91.8 Å². The van der Waals surface area contributed by atoms with Crippen LogP contribution in [-0.2, 0) is 0 Å². The molecule has 0 amide bonds. The summed E-state index contributed by atoms with van der Waals surface area (Å²) in [5.41, 5.74) is 1.58. The van der Waals surface area contributed by atoms with Crippen LogP contribution >= 0.6 is 0 Å². The molecular weight excluding hydrogens is 186 g/mol. The second-order valence-electron chi connectivity index (χ2n) is 2.71. The molecular formula is C12H19N3. The zero-order chi connectivity index (χ0) is 11.7. The van der Waals surface area contributed by atoms with Gasteiger partial charge in [-0.2, -0.15) is 0 Å². The highest BCUT2D eigenvalue weighted by molar-refractivity contribution is 5.80. The van der Waals surface area contributed by atoms with Gasteiger partial charge >= 0.3 is 0 Å². The molecule has 1 heterocycles. The number of rotatable bonds is 3. The summed E-state index contributed by atoms with van der Waals surface area (Å²) in [6, 6.07) is 0. The van der Waals surface area contributed by atoms with E-state index in [1.165, 1.54) is 6.21 Å². The fourth-order valence-corrected chi connectivity index (χ4v) is 0.986. The van der Waals surface area contributed by atoms with Crippen LogP contribution in [0.4, 0.5) is 0 Å². The van der Waals surface area contributed by atoms with Crippen LogP contribution in [0.3, 0.4) is 0 Å². The van der Waals surface area contributed by atoms with E-state index in [-0.39, 0.29) is 0 Å². The number of nitrogens with one attached hydrogen (secondary N) is 1. The fraction of sp³-hybridized carbons (Fsp3) is 0.417. The lowest BCUT2D eigenvalue weighted by Gasteiger charge is -1.99. The molecule has 0 saturated carbocycles. The minimum atomic E-state index is 0.678. The van der Waals surface area contributed by atoms with E-state index in [0.717, 1.165) is 12.0 Å². The van der Waals surface area contributed by atoms with E-state index in [1.54, 1.807) is 6.20 Å². The van der Waals surface area contributed by atoms with Crippen LogP contribution in [0.2, 0.25) is 0 Å². The van der Waals surface area contributed by atoms with E-state index in [1.807, 2.05) is 32.9 Å². The van der Waals surface area contributed by atoms with Crippen molar-refractivity contribution in [1.82, 2.24) is 9.97 Å². The zero-order valence-electron chi connectivity index (χ0n) is 9.91. The maximum Gasteiger partial charge on any atom is 0.125 e. The number of aromatic nitrogens is 2. The van der Waals surface area contributed by atoms with Crippen molar-refractivity contribution in [3.63, 3.8) is 0 Å². The molecule has 0 aromatic carbocycles. The molecule has 3 nitrogen and oxygen atoms in total. The number of aryl methyl sites for hydroxylation is 1. The van der Waals surface area contributed by atoms with Crippen molar-refractivity contribution in [1.29, 1.82) is 5.41 Å². The summed E-state index contributed by atoms with van der Waals surface area (Å²) in [5.74, 6) is 0.701. The summed E-state index contributed by atoms with van der Waals surface area (Å²) in [6.45, 7) is 7.88. The molecule has 0 saturated heterocycles.